The Morgan fingerprint density at radius 2 is 1.66 bits per heavy atom. The Hall–Kier alpha value is -5.38. The third-order valence-electron chi connectivity index (χ3n) is 14.1. The fraction of sp³-hybridized carbons (Fsp3) is 0.478. The van der Waals surface area contributed by atoms with E-state index in [0.29, 0.717) is 54.3 Å². The number of imidazole rings is 1. The first-order chi connectivity index (χ1) is 29.1. The van der Waals surface area contributed by atoms with E-state index in [2.05, 4.69) is 35.4 Å². The van der Waals surface area contributed by atoms with Crippen molar-refractivity contribution in [2.24, 2.45) is 17.9 Å². The van der Waals surface area contributed by atoms with E-state index in [9.17, 15) is 28.6 Å². The lowest BCUT2D eigenvalue weighted by Crippen LogP contribution is -2.34. The summed E-state index contributed by atoms with van der Waals surface area (Å²) in [7, 11) is 1.89. The maximum absolute atomic E-state index is 14.1. The number of anilines is 3. The molecule has 0 spiro atoms. The van der Waals surface area contributed by atoms with Crippen molar-refractivity contribution in [3.05, 3.63) is 88.4 Å². The van der Waals surface area contributed by atoms with Crippen LogP contribution in [0.5, 0.6) is 0 Å². The smallest absolute Gasteiger partial charge is 0.309 e. The third kappa shape index (κ3) is 7.76. The SMILES string of the molecule is Cc1c(NC(=O)c2nc3c(n2C)CCN(CCC24CCC(C(=O)O)(CC2)C4)C3)cccc1-c1cccc(Nc2nc(C(F)F)nc3cc(CN4CCC(C)(O)C4)cnc23)c1C. The predicted molar refractivity (Wildman–Crippen MR) is 228 cm³/mol. The van der Waals surface area contributed by atoms with Crippen LogP contribution >= 0.6 is 0 Å². The second-order valence-corrected chi connectivity index (χ2v) is 18.4. The molecule has 4 N–H and O–H groups in total. The fourth-order valence-electron chi connectivity index (χ4n) is 10.5. The van der Waals surface area contributed by atoms with E-state index in [1.54, 1.807) is 12.3 Å². The number of nitrogens with one attached hydrogen (secondary N) is 2. The number of nitrogens with zero attached hydrogens (tertiary/aromatic N) is 7. The maximum atomic E-state index is 14.1. The molecule has 15 heteroatoms. The number of carbonyl (C=O) groups is 2. The van der Waals surface area contributed by atoms with Crippen molar-refractivity contribution in [3.63, 3.8) is 0 Å². The molecule has 320 valence electrons. The molecule has 1 saturated heterocycles. The van der Waals surface area contributed by atoms with Crippen LogP contribution in [0.1, 0.15) is 103 Å². The number of hydrogen-bond acceptors (Lipinski definition) is 10. The first-order valence-electron chi connectivity index (χ1n) is 21.3. The summed E-state index contributed by atoms with van der Waals surface area (Å²) in [5, 5.41) is 26.7. The number of rotatable bonds is 12. The van der Waals surface area contributed by atoms with Crippen LogP contribution in [-0.2, 0) is 31.4 Å². The van der Waals surface area contributed by atoms with E-state index in [0.717, 1.165) is 104 Å². The lowest BCUT2D eigenvalue weighted by Gasteiger charge is -2.32. The molecular formula is C46H53F2N9O4. The first-order valence-corrected chi connectivity index (χ1v) is 21.3. The van der Waals surface area contributed by atoms with Crippen molar-refractivity contribution in [1.29, 1.82) is 0 Å². The summed E-state index contributed by atoms with van der Waals surface area (Å²) in [4.78, 5) is 48.2. The average Bonchev–Trinajstić information content (AvgIpc) is 3.99. The largest absolute Gasteiger partial charge is 0.481 e. The molecule has 2 aliphatic heterocycles. The monoisotopic (exact) mass is 833 g/mol. The molecule has 1 atom stereocenters. The summed E-state index contributed by atoms with van der Waals surface area (Å²) in [5.41, 5.74) is 7.07. The van der Waals surface area contributed by atoms with Crippen molar-refractivity contribution < 1.29 is 28.6 Å². The number of benzene rings is 2. The minimum absolute atomic E-state index is 0.129. The van der Waals surface area contributed by atoms with E-state index < -0.39 is 29.2 Å². The molecule has 5 heterocycles. The Balaban J connectivity index is 0.906. The molecule has 4 aliphatic rings. The number of carboxylic acid groups (broad SMARTS) is 1. The maximum Gasteiger partial charge on any atom is 0.309 e. The number of amides is 1. The number of alkyl halides is 2. The van der Waals surface area contributed by atoms with Gasteiger partial charge in [-0.3, -0.25) is 24.4 Å². The average molecular weight is 834 g/mol. The lowest BCUT2D eigenvalue weighted by molar-refractivity contribution is -0.148. The van der Waals surface area contributed by atoms with Gasteiger partial charge in [-0.25, -0.2) is 23.7 Å². The second kappa shape index (κ2) is 15.5. The van der Waals surface area contributed by atoms with Gasteiger partial charge >= 0.3 is 5.97 Å². The van der Waals surface area contributed by atoms with E-state index in [1.165, 1.54) is 0 Å². The van der Waals surface area contributed by atoms with Gasteiger partial charge in [-0.05, 0) is 124 Å². The number of aromatic nitrogens is 5. The zero-order valence-electron chi connectivity index (χ0n) is 35.2. The van der Waals surface area contributed by atoms with Crippen LogP contribution in [0.25, 0.3) is 22.2 Å². The molecule has 9 rings (SSSR count). The molecule has 2 aliphatic carbocycles. The quantitative estimate of drug-likeness (QED) is 0.0975. The van der Waals surface area contributed by atoms with Crippen molar-refractivity contribution in [3.8, 4) is 11.1 Å². The highest BCUT2D eigenvalue weighted by Crippen LogP contribution is 2.63. The molecular weight excluding hydrogens is 781 g/mol. The van der Waals surface area contributed by atoms with E-state index in [1.807, 2.05) is 68.8 Å². The molecule has 2 aromatic carbocycles. The molecule has 61 heavy (non-hydrogen) atoms. The molecule has 2 bridgehead atoms. The normalized spacial score (nSPS) is 23.9. The van der Waals surface area contributed by atoms with Crippen molar-refractivity contribution >= 4 is 40.1 Å². The minimum atomic E-state index is -2.89. The van der Waals surface area contributed by atoms with Gasteiger partial charge in [-0.15, -0.1) is 0 Å². The van der Waals surface area contributed by atoms with Crippen LogP contribution in [0.15, 0.2) is 48.7 Å². The summed E-state index contributed by atoms with van der Waals surface area (Å²) >= 11 is 0. The van der Waals surface area contributed by atoms with Gasteiger partial charge in [0, 0.05) is 69.5 Å². The van der Waals surface area contributed by atoms with E-state index in [-0.39, 0.29) is 17.1 Å². The highest BCUT2D eigenvalue weighted by Gasteiger charge is 2.57. The number of β-amino-alcohol motifs (C(OH)–C–C–N with tert-alkyl or cyclic N) is 1. The number of aliphatic carboxylic acids is 1. The first kappa shape index (κ1) is 41.0. The van der Waals surface area contributed by atoms with Crippen LogP contribution in [0.2, 0.25) is 0 Å². The van der Waals surface area contributed by atoms with Gasteiger partial charge in [0.15, 0.2) is 17.5 Å². The van der Waals surface area contributed by atoms with Crippen LogP contribution in [0.3, 0.4) is 0 Å². The number of carbonyl (C=O) groups excluding carboxylic acids is 1. The van der Waals surface area contributed by atoms with Gasteiger partial charge in [0.1, 0.15) is 5.52 Å². The highest BCUT2D eigenvalue weighted by molar-refractivity contribution is 6.03. The number of aliphatic hydroxyl groups is 1. The molecule has 2 saturated carbocycles. The molecule has 1 amide bonds. The van der Waals surface area contributed by atoms with Gasteiger partial charge < -0.3 is 25.4 Å². The number of fused-ring (bicyclic) bond motifs is 4. The predicted octanol–water partition coefficient (Wildman–Crippen LogP) is 7.72. The molecule has 5 aromatic rings. The second-order valence-electron chi connectivity index (χ2n) is 18.4. The lowest BCUT2D eigenvalue weighted by atomic mass is 9.80. The Bertz CT molecular complexity index is 2550. The zero-order chi connectivity index (χ0) is 42.8. The molecule has 0 radical (unpaired) electrons. The molecule has 1 unspecified atom stereocenters. The van der Waals surface area contributed by atoms with E-state index >= 15 is 0 Å². The summed E-state index contributed by atoms with van der Waals surface area (Å²) in [6, 6.07) is 13.2. The van der Waals surface area contributed by atoms with Crippen molar-refractivity contribution in [1.82, 2.24) is 34.3 Å². The zero-order valence-corrected chi connectivity index (χ0v) is 35.2. The van der Waals surface area contributed by atoms with Gasteiger partial charge in [0.05, 0.1) is 22.2 Å². The van der Waals surface area contributed by atoms with E-state index in [4.69, 9.17) is 4.98 Å². The highest BCUT2D eigenvalue weighted by atomic mass is 19.3. The summed E-state index contributed by atoms with van der Waals surface area (Å²) in [6.07, 6.45) is 5.60. The Morgan fingerprint density at radius 1 is 0.934 bits per heavy atom. The van der Waals surface area contributed by atoms with Gasteiger partial charge in [-0.2, -0.15) is 0 Å². The third-order valence-corrected chi connectivity index (χ3v) is 14.1. The number of hydrogen-bond donors (Lipinski definition) is 4. The Morgan fingerprint density at radius 3 is 2.33 bits per heavy atom. The molecule has 13 nitrogen and oxygen atoms in total. The van der Waals surface area contributed by atoms with Crippen LogP contribution in [0, 0.1) is 24.7 Å². The fourth-order valence-corrected chi connectivity index (χ4v) is 10.5. The number of halogens is 2. The minimum Gasteiger partial charge on any atom is -0.481 e. The Kier molecular flexibility index (Phi) is 10.4. The number of pyridine rings is 1. The van der Waals surface area contributed by atoms with Crippen molar-refractivity contribution in [2.45, 2.75) is 97.3 Å². The van der Waals surface area contributed by atoms with Crippen LogP contribution < -0.4 is 10.6 Å². The Labute approximate surface area is 353 Å². The molecule has 3 aromatic heterocycles. The topological polar surface area (TPSA) is 162 Å². The number of carboxylic acids is 1. The van der Waals surface area contributed by atoms with Crippen molar-refractivity contribution in [2.75, 3.05) is 36.8 Å². The standard InChI is InChI=1S/C46H53F2N9O4/c1-27-30(7-5-9-32(27)50-39-37-34(51-40(54-39)38(47)48)21-29(22-49-37)23-57-19-16-44(3,61)26-57)31-8-6-10-33(28(31)2)53-42(58)41-52-35-24-56(18-11-36(35)55(41)4)20-17-45-12-14-46(25-45,15-13-45)43(59)60/h5-10,21-22,38,61H,11-20,23-26H2,1-4H3,(H,53,58)(H,59,60)(H,50,51,54). The summed E-state index contributed by atoms with van der Waals surface area (Å²) < 4.78 is 30.2. The summed E-state index contributed by atoms with van der Waals surface area (Å²) in [6.45, 7) is 9.88. The number of likely N-dealkylation sites (tertiary alicyclic amines) is 1. The van der Waals surface area contributed by atoms with Gasteiger partial charge in [-0.1, -0.05) is 24.3 Å². The van der Waals surface area contributed by atoms with Crippen LogP contribution in [-0.4, -0.2) is 88.2 Å². The van der Waals surface area contributed by atoms with Gasteiger partial charge in [0.25, 0.3) is 12.3 Å². The summed E-state index contributed by atoms with van der Waals surface area (Å²) in [5.74, 6) is -1.01. The molecule has 3 fully saturated rings. The van der Waals surface area contributed by atoms with Gasteiger partial charge in [0.2, 0.25) is 0 Å². The van der Waals surface area contributed by atoms with Crippen LogP contribution in [0.4, 0.5) is 26.0 Å².